The third-order valence-electron chi connectivity index (χ3n) is 5.11. The van der Waals surface area contributed by atoms with Crippen LogP contribution in [-0.4, -0.2) is 51.3 Å². The molecule has 1 fully saturated rings. The Labute approximate surface area is 159 Å². The molecule has 2 aromatic heterocycles. The third-order valence-corrected chi connectivity index (χ3v) is 7.08. The minimum absolute atomic E-state index is 0.123. The predicted molar refractivity (Wildman–Crippen MR) is 99.2 cm³/mol. The van der Waals surface area contributed by atoms with Crippen LogP contribution < -0.4 is 5.32 Å². The van der Waals surface area contributed by atoms with E-state index in [1.54, 1.807) is 20.2 Å². The molecule has 0 unspecified atom stereocenters. The predicted octanol–water partition coefficient (Wildman–Crippen LogP) is 0.662. The van der Waals surface area contributed by atoms with E-state index < -0.39 is 10.0 Å². The summed E-state index contributed by atoms with van der Waals surface area (Å²) in [4.78, 5) is 12.8. The van der Waals surface area contributed by atoms with E-state index in [1.807, 2.05) is 17.7 Å². The molecule has 0 aliphatic carbocycles. The number of nitrogens with one attached hydrogen (secondary N) is 1. The summed E-state index contributed by atoms with van der Waals surface area (Å²) in [5, 5.41) is 11.1. The van der Waals surface area contributed by atoms with E-state index >= 15 is 0 Å². The Balaban J connectivity index is 1.66. The van der Waals surface area contributed by atoms with Crippen LogP contribution in [0, 0.1) is 12.8 Å². The van der Waals surface area contributed by atoms with Gasteiger partial charge >= 0.3 is 0 Å². The van der Waals surface area contributed by atoms with Crippen LogP contribution in [0.2, 0.25) is 0 Å². The summed E-state index contributed by atoms with van der Waals surface area (Å²) >= 11 is 0. The maximum atomic E-state index is 12.9. The molecule has 9 nitrogen and oxygen atoms in total. The number of nitrogens with zero attached hydrogens (tertiary/aromatic N) is 5. The summed E-state index contributed by atoms with van der Waals surface area (Å²) in [6.07, 6.45) is 4.41. The first-order valence-corrected chi connectivity index (χ1v) is 10.6. The zero-order chi connectivity index (χ0) is 19.6. The minimum atomic E-state index is -3.65. The lowest BCUT2D eigenvalue weighted by Gasteiger charge is -2.31. The van der Waals surface area contributed by atoms with Gasteiger partial charge in [0.15, 0.2) is 0 Å². The highest BCUT2D eigenvalue weighted by Gasteiger charge is 2.34. The van der Waals surface area contributed by atoms with Gasteiger partial charge in [-0.1, -0.05) is 0 Å². The van der Waals surface area contributed by atoms with Crippen molar-refractivity contribution in [3.8, 4) is 0 Å². The lowest BCUT2D eigenvalue weighted by atomic mass is 9.99. The van der Waals surface area contributed by atoms with Crippen molar-refractivity contribution in [2.45, 2.75) is 44.7 Å². The van der Waals surface area contributed by atoms with Crippen LogP contribution in [-0.2, 0) is 35.0 Å². The van der Waals surface area contributed by atoms with Crippen LogP contribution in [0.15, 0.2) is 23.4 Å². The number of aryl methyl sites for hydroxylation is 2. The summed E-state index contributed by atoms with van der Waals surface area (Å²) < 4.78 is 30.7. The van der Waals surface area contributed by atoms with Gasteiger partial charge in [-0.2, -0.15) is 14.5 Å². The standard InChI is InChI=1S/C17H26N6O3S/c1-4-23-15(7-8-19-23)10-18-17(24)14-6-5-9-22(12-14)27(25,26)16-11-20-21(3)13(16)2/h7-8,11,14H,4-6,9-10,12H2,1-3H3,(H,18,24)/t14-/m1/s1. The van der Waals surface area contributed by atoms with E-state index in [0.29, 0.717) is 31.6 Å². The average molecular weight is 395 g/mol. The van der Waals surface area contributed by atoms with Gasteiger partial charge in [-0.05, 0) is 32.8 Å². The number of piperidine rings is 1. The molecule has 1 aliphatic heterocycles. The molecule has 0 radical (unpaired) electrons. The highest BCUT2D eigenvalue weighted by atomic mass is 32.2. The van der Waals surface area contributed by atoms with E-state index in [0.717, 1.165) is 12.2 Å². The first-order chi connectivity index (χ1) is 12.8. The molecule has 148 valence electrons. The van der Waals surface area contributed by atoms with Crippen LogP contribution >= 0.6 is 0 Å². The highest BCUT2D eigenvalue weighted by Crippen LogP contribution is 2.25. The van der Waals surface area contributed by atoms with Crippen LogP contribution in [0.1, 0.15) is 31.2 Å². The molecule has 1 amide bonds. The Morgan fingerprint density at radius 1 is 1.37 bits per heavy atom. The fourth-order valence-electron chi connectivity index (χ4n) is 3.36. The number of hydrogen-bond donors (Lipinski definition) is 1. The fraction of sp³-hybridized carbons (Fsp3) is 0.588. The summed E-state index contributed by atoms with van der Waals surface area (Å²) in [5.74, 6) is -0.481. The van der Waals surface area contributed by atoms with Crippen molar-refractivity contribution in [3.63, 3.8) is 0 Å². The lowest BCUT2D eigenvalue weighted by molar-refractivity contribution is -0.126. The Morgan fingerprint density at radius 3 is 2.81 bits per heavy atom. The smallest absolute Gasteiger partial charge is 0.246 e. The first-order valence-electron chi connectivity index (χ1n) is 9.11. The van der Waals surface area contributed by atoms with Crippen molar-refractivity contribution < 1.29 is 13.2 Å². The van der Waals surface area contributed by atoms with E-state index in [9.17, 15) is 13.2 Å². The zero-order valence-corrected chi connectivity index (χ0v) is 16.7. The largest absolute Gasteiger partial charge is 0.350 e. The van der Waals surface area contributed by atoms with Crippen LogP contribution in [0.3, 0.4) is 0 Å². The zero-order valence-electron chi connectivity index (χ0n) is 15.9. The number of sulfonamides is 1. The van der Waals surface area contributed by atoms with E-state index in [2.05, 4.69) is 15.5 Å². The third kappa shape index (κ3) is 3.91. The van der Waals surface area contributed by atoms with Crippen molar-refractivity contribution >= 4 is 15.9 Å². The van der Waals surface area contributed by atoms with Crippen molar-refractivity contribution in [3.05, 3.63) is 29.8 Å². The SMILES string of the molecule is CCn1nccc1CNC(=O)[C@@H]1CCCN(S(=O)(=O)c2cnn(C)c2C)C1. The van der Waals surface area contributed by atoms with E-state index in [4.69, 9.17) is 0 Å². The molecule has 3 heterocycles. The maximum absolute atomic E-state index is 12.9. The molecule has 0 spiro atoms. The van der Waals surface area contributed by atoms with Gasteiger partial charge in [0.2, 0.25) is 15.9 Å². The first kappa shape index (κ1) is 19.6. The van der Waals surface area contributed by atoms with Crippen molar-refractivity contribution in [2.75, 3.05) is 13.1 Å². The summed E-state index contributed by atoms with van der Waals surface area (Å²) in [6.45, 7) is 5.45. The van der Waals surface area contributed by atoms with Crippen molar-refractivity contribution in [1.29, 1.82) is 0 Å². The molecule has 0 aromatic carbocycles. The van der Waals surface area contributed by atoms with Crippen LogP contribution in [0.25, 0.3) is 0 Å². The normalized spacial score (nSPS) is 18.6. The van der Waals surface area contributed by atoms with Gasteiger partial charge in [-0.25, -0.2) is 8.42 Å². The number of carbonyl (C=O) groups excluding carboxylic acids is 1. The molecule has 1 N–H and O–H groups in total. The Kier molecular flexibility index (Phi) is 5.66. The fourth-order valence-corrected chi connectivity index (χ4v) is 5.07. The monoisotopic (exact) mass is 394 g/mol. The Bertz CT molecular complexity index is 917. The molecular formula is C17H26N6O3S. The molecule has 1 atom stereocenters. The van der Waals surface area contributed by atoms with E-state index in [-0.39, 0.29) is 23.3 Å². The molecule has 10 heteroatoms. The number of rotatable bonds is 6. The van der Waals surface area contributed by atoms with Crippen molar-refractivity contribution in [1.82, 2.24) is 29.2 Å². The second-order valence-electron chi connectivity index (χ2n) is 6.78. The summed E-state index contributed by atoms with van der Waals surface area (Å²) in [6, 6.07) is 1.87. The molecule has 0 saturated carbocycles. The topological polar surface area (TPSA) is 102 Å². The number of carbonyl (C=O) groups is 1. The Morgan fingerprint density at radius 2 is 2.15 bits per heavy atom. The maximum Gasteiger partial charge on any atom is 0.246 e. The van der Waals surface area contributed by atoms with Gasteiger partial charge < -0.3 is 5.32 Å². The number of amides is 1. The summed E-state index contributed by atoms with van der Waals surface area (Å²) in [5.41, 5.74) is 1.52. The van der Waals surface area contributed by atoms with Crippen LogP contribution in [0.5, 0.6) is 0 Å². The van der Waals surface area contributed by atoms with Gasteiger partial charge in [0.1, 0.15) is 4.90 Å². The lowest BCUT2D eigenvalue weighted by Crippen LogP contribution is -2.45. The highest BCUT2D eigenvalue weighted by molar-refractivity contribution is 7.89. The quantitative estimate of drug-likeness (QED) is 0.776. The summed E-state index contributed by atoms with van der Waals surface area (Å²) in [7, 11) is -1.94. The number of aromatic nitrogens is 4. The number of hydrogen-bond acceptors (Lipinski definition) is 5. The molecule has 1 aliphatic rings. The van der Waals surface area contributed by atoms with E-state index in [1.165, 1.54) is 15.2 Å². The minimum Gasteiger partial charge on any atom is -0.350 e. The van der Waals surface area contributed by atoms with Gasteiger partial charge in [-0.3, -0.25) is 14.2 Å². The van der Waals surface area contributed by atoms with Gasteiger partial charge in [0.25, 0.3) is 0 Å². The molecule has 1 saturated heterocycles. The average Bonchev–Trinajstić information content (AvgIpc) is 3.26. The molecule has 2 aromatic rings. The van der Waals surface area contributed by atoms with Crippen molar-refractivity contribution in [2.24, 2.45) is 13.0 Å². The van der Waals surface area contributed by atoms with Crippen LogP contribution in [0.4, 0.5) is 0 Å². The molecule has 0 bridgehead atoms. The van der Waals surface area contributed by atoms with Gasteiger partial charge in [0.05, 0.1) is 30.0 Å². The second kappa shape index (κ2) is 7.81. The second-order valence-corrected chi connectivity index (χ2v) is 8.68. The Hall–Kier alpha value is -2.20. The molecule has 27 heavy (non-hydrogen) atoms. The molecule has 3 rings (SSSR count). The van der Waals surface area contributed by atoms with Gasteiger partial charge in [0, 0.05) is 32.9 Å². The van der Waals surface area contributed by atoms with Gasteiger partial charge in [-0.15, -0.1) is 0 Å². The molecular weight excluding hydrogens is 368 g/mol.